The van der Waals surface area contributed by atoms with Crippen molar-refractivity contribution in [3.8, 4) is 5.75 Å². The van der Waals surface area contributed by atoms with Crippen molar-refractivity contribution >= 4 is 34.9 Å². The van der Waals surface area contributed by atoms with Gasteiger partial charge in [0.2, 0.25) is 0 Å². The summed E-state index contributed by atoms with van der Waals surface area (Å²) in [6.07, 6.45) is 0. The van der Waals surface area contributed by atoms with E-state index in [1.807, 2.05) is 0 Å². The molecule has 9 heteroatoms. The van der Waals surface area contributed by atoms with E-state index in [0.29, 0.717) is 22.2 Å². The molecule has 0 aliphatic rings. The molecule has 27 heavy (non-hydrogen) atoms. The maximum Gasteiger partial charge on any atom is 0.275 e. The molecule has 0 radical (unpaired) electrons. The molecule has 0 spiro atoms. The van der Waals surface area contributed by atoms with E-state index < -0.39 is 11.8 Å². The first-order chi connectivity index (χ1) is 13.0. The Morgan fingerprint density at radius 2 is 1.78 bits per heavy atom. The number of benzene rings is 1. The Labute approximate surface area is 159 Å². The second-order valence-electron chi connectivity index (χ2n) is 5.48. The molecule has 0 saturated carbocycles. The van der Waals surface area contributed by atoms with E-state index in [1.54, 1.807) is 37.3 Å². The van der Waals surface area contributed by atoms with Crippen LogP contribution in [0, 0.1) is 6.92 Å². The van der Waals surface area contributed by atoms with Gasteiger partial charge in [-0.25, -0.2) is 4.98 Å². The smallest absolute Gasteiger partial charge is 0.275 e. The van der Waals surface area contributed by atoms with Gasteiger partial charge in [-0.15, -0.1) is 0 Å². The second-order valence-corrected chi connectivity index (χ2v) is 5.92. The van der Waals surface area contributed by atoms with Crippen LogP contribution in [-0.4, -0.2) is 29.1 Å². The predicted molar refractivity (Wildman–Crippen MR) is 99.4 cm³/mol. The minimum Gasteiger partial charge on any atom is -0.495 e. The van der Waals surface area contributed by atoms with E-state index in [1.165, 1.54) is 19.2 Å². The summed E-state index contributed by atoms with van der Waals surface area (Å²) in [4.78, 5) is 28.9. The molecule has 0 unspecified atom stereocenters. The number of ether oxygens (including phenoxy) is 1. The molecule has 2 aromatic heterocycles. The third kappa shape index (κ3) is 4.42. The molecule has 2 heterocycles. The Bertz CT molecular complexity index is 1000. The average Bonchev–Trinajstić information content (AvgIpc) is 3.06. The molecular weight excluding hydrogens is 372 g/mol. The van der Waals surface area contributed by atoms with Crippen molar-refractivity contribution in [2.75, 3.05) is 17.7 Å². The fourth-order valence-corrected chi connectivity index (χ4v) is 2.43. The number of pyridine rings is 1. The van der Waals surface area contributed by atoms with E-state index in [0.717, 1.165) is 0 Å². The first kappa shape index (κ1) is 18.4. The molecule has 0 bridgehead atoms. The molecule has 8 nitrogen and oxygen atoms in total. The highest BCUT2D eigenvalue weighted by molar-refractivity contribution is 6.31. The summed E-state index contributed by atoms with van der Waals surface area (Å²) in [5.41, 5.74) is 0.507. The van der Waals surface area contributed by atoms with Crippen LogP contribution in [0.4, 0.5) is 11.5 Å². The Balaban J connectivity index is 1.77. The van der Waals surface area contributed by atoms with Crippen LogP contribution in [-0.2, 0) is 0 Å². The van der Waals surface area contributed by atoms with E-state index in [9.17, 15) is 9.59 Å². The maximum absolute atomic E-state index is 12.5. The number of rotatable bonds is 5. The van der Waals surface area contributed by atoms with Gasteiger partial charge in [-0.3, -0.25) is 9.59 Å². The lowest BCUT2D eigenvalue weighted by Gasteiger charge is -2.10. The summed E-state index contributed by atoms with van der Waals surface area (Å²) in [6, 6.07) is 10.9. The summed E-state index contributed by atoms with van der Waals surface area (Å²) in [6.45, 7) is 1.70. The Kier molecular flexibility index (Phi) is 5.37. The first-order valence-electron chi connectivity index (χ1n) is 7.83. The topological polar surface area (TPSA) is 106 Å². The van der Waals surface area contributed by atoms with Crippen molar-refractivity contribution in [3.63, 3.8) is 0 Å². The third-order valence-corrected chi connectivity index (χ3v) is 3.73. The number of halogens is 1. The molecule has 3 aromatic rings. The van der Waals surface area contributed by atoms with Crippen LogP contribution in [0.5, 0.6) is 5.75 Å². The van der Waals surface area contributed by atoms with Gasteiger partial charge >= 0.3 is 0 Å². The Morgan fingerprint density at radius 3 is 2.41 bits per heavy atom. The van der Waals surface area contributed by atoms with Crippen molar-refractivity contribution in [1.82, 2.24) is 10.1 Å². The number of amides is 2. The van der Waals surface area contributed by atoms with Crippen LogP contribution in [0.2, 0.25) is 5.02 Å². The number of aromatic nitrogens is 2. The summed E-state index contributed by atoms with van der Waals surface area (Å²) < 4.78 is 10.1. The number of carbonyl (C=O) groups is 2. The van der Waals surface area contributed by atoms with Gasteiger partial charge in [0.05, 0.1) is 12.8 Å². The number of methoxy groups -OCH3 is 1. The third-order valence-electron chi connectivity index (χ3n) is 3.49. The minimum absolute atomic E-state index is 0.0565. The lowest BCUT2D eigenvalue weighted by molar-refractivity contribution is 0.101. The molecular formula is C18H15ClN4O4. The van der Waals surface area contributed by atoms with Crippen LogP contribution in [0.3, 0.4) is 0 Å². The van der Waals surface area contributed by atoms with Crippen molar-refractivity contribution in [2.45, 2.75) is 6.92 Å². The van der Waals surface area contributed by atoms with E-state index in [2.05, 4.69) is 20.8 Å². The molecule has 0 saturated heterocycles. The van der Waals surface area contributed by atoms with Crippen molar-refractivity contribution in [2.24, 2.45) is 0 Å². The average molecular weight is 387 g/mol. The first-order valence-corrected chi connectivity index (χ1v) is 8.20. The summed E-state index contributed by atoms with van der Waals surface area (Å²) in [7, 11) is 1.48. The quantitative estimate of drug-likeness (QED) is 0.694. The number of nitrogens with zero attached hydrogens (tertiary/aromatic N) is 2. The standard InChI is InChI=1S/C18H15ClN4O4/c1-10-8-16(23-27-10)22-18(25)13-5-3-4-12(20-13)17(24)21-14-9-11(19)6-7-15(14)26-2/h3-9H,1-2H3,(H,21,24)(H,22,23,25). The molecule has 0 fully saturated rings. The molecule has 1 aromatic carbocycles. The number of hydrogen-bond acceptors (Lipinski definition) is 6. The van der Waals surface area contributed by atoms with Crippen LogP contribution in [0.25, 0.3) is 0 Å². The zero-order chi connectivity index (χ0) is 19.4. The van der Waals surface area contributed by atoms with E-state index >= 15 is 0 Å². The van der Waals surface area contributed by atoms with Gasteiger partial charge in [0.1, 0.15) is 22.9 Å². The molecule has 3 rings (SSSR count). The van der Waals surface area contributed by atoms with Crippen LogP contribution in [0.1, 0.15) is 26.7 Å². The van der Waals surface area contributed by atoms with Gasteiger partial charge in [-0.05, 0) is 37.3 Å². The highest BCUT2D eigenvalue weighted by Crippen LogP contribution is 2.28. The molecule has 0 atom stereocenters. The lowest BCUT2D eigenvalue weighted by atomic mass is 10.2. The molecule has 0 aliphatic heterocycles. The molecule has 0 aliphatic carbocycles. The Morgan fingerprint density at radius 1 is 1.07 bits per heavy atom. The number of anilines is 2. The zero-order valence-electron chi connectivity index (χ0n) is 14.4. The lowest BCUT2D eigenvalue weighted by Crippen LogP contribution is -2.18. The van der Waals surface area contributed by atoms with Gasteiger partial charge in [0.15, 0.2) is 5.82 Å². The number of hydrogen-bond donors (Lipinski definition) is 2. The fraction of sp³-hybridized carbons (Fsp3) is 0.111. The predicted octanol–water partition coefficient (Wildman–Crippen LogP) is 3.54. The van der Waals surface area contributed by atoms with E-state index in [4.69, 9.17) is 20.9 Å². The fourth-order valence-electron chi connectivity index (χ4n) is 2.26. The molecule has 138 valence electrons. The monoisotopic (exact) mass is 386 g/mol. The minimum atomic E-state index is -0.515. The summed E-state index contributed by atoms with van der Waals surface area (Å²) in [5, 5.41) is 9.33. The summed E-state index contributed by atoms with van der Waals surface area (Å²) >= 11 is 5.96. The van der Waals surface area contributed by atoms with Gasteiger partial charge in [0.25, 0.3) is 11.8 Å². The number of nitrogens with one attached hydrogen (secondary N) is 2. The molecule has 2 amide bonds. The number of aryl methyl sites for hydroxylation is 1. The van der Waals surface area contributed by atoms with Crippen molar-refractivity contribution in [1.29, 1.82) is 0 Å². The maximum atomic E-state index is 12.5. The number of carbonyl (C=O) groups excluding carboxylic acids is 2. The highest BCUT2D eigenvalue weighted by Gasteiger charge is 2.15. The zero-order valence-corrected chi connectivity index (χ0v) is 15.2. The summed E-state index contributed by atoms with van der Waals surface area (Å²) in [5.74, 6) is 0.239. The van der Waals surface area contributed by atoms with Crippen LogP contribution in [0.15, 0.2) is 47.0 Å². The van der Waals surface area contributed by atoms with Crippen molar-refractivity contribution < 1.29 is 18.8 Å². The largest absolute Gasteiger partial charge is 0.495 e. The molecule has 2 N–H and O–H groups in total. The van der Waals surface area contributed by atoms with Gasteiger partial charge in [0, 0.05) is 11.1 Å². The van der Waals surface area contributed by atoms with Crippen molar-refractivity contribution in [3.05, 3.63) is 64.6 Å². The SMILES string of the molecule is COc1ccc(Cl)cc1NC(=O)c1cccc(C(=O)Nc2cc(C)on2)n1. The second kappa shape index (κ2) is 7.88. The highest BCUT2D eigenvalue weighted by atomic mass is 35.5. The van der Waals surface area contributed by atoms with Gasteiger partial charge in [-0.1, -0.05) is 22.8 Å². The van der Waals surface area contributed by atoms with Crippen LogP contribution < -0.4 is 15.4 Å². The van der Waals surface area contributed by atoms with Gasteiger partial charge in [-0.2, -0.15) is 0 Å². The Hall–Kier alpha value is -3.39. The normalized spacial score (nSPS) is 10.3. The van der Waals surface area contributed by atoms with Gasteiger partial charge < -0.3 is 19.9 Å². The van der Waals surface area contributed by atoms with E-state index in [-0.39, 0.29) is 17.2 Å². The van der Waals surface area contributed by atoms with Crippen LogP contribution >= 0.6 is 11.6 Å².